The fourth-order valence-corrected chi connectivity index (χ4v) is 3.99. The lowest BCUT2D eigenvalue weighted by Crippen LogP contribution is -2.52. The summed E-state index contributed by atoms with van der Waals surface area (Å²) < 4.78 is 0. The maximum atomic E-state index is 12.6. The van der Waals surface area contributed by atoms with Gasteiger partial charge in [0.2, 0.25) is 5.91 Å². The van der Waals surface area contributed by atoms with E-state index in [1.54, 1.807) is 0 Å². The monoisotopic (exact) mass is 337 g/mol. The molecule has 2 heterocycles. The molecule has 5 nitrogen and oxygen atoms in total. The number of carbonyl (C=O) groups excluding carboxylic acids is 1. The van der Waals surface area contributed by atoms with Crippen molar-refractivity contribution in [2.45, 2.75) is 39.2 Å². The fourth-order valence-electron chi connectivity index (χ4n) is 3.99. The highest BCUT2D eigenvalue weighted by atomic mass is 16.3. The van der Waals surface area contributed by atoms with E-state index < -0.39 is 0 Å². The number of rotatable bonds is 7. The molecular formula is C19H35N3O2. The third-order valence-electron chi connectivity index (χ3n) is 5.22. The average molecular weight is 338 g/mol. The van der Waals surface area contributed by atoms with Gasteiger partial charge in [0.15, 0.2) is 0 Å². The normalized spacial score (nSPS) is 27.9. The first-order valence-corrected chi connectivity index (χ1v) is 9.49. The van der Waals surface area contributed by atoms with Crippen LogP contribution in [0.3, 0.4) is 0 Å². The zero-order chi connectivity index (χ0) is 17.5. The number of aliphatic hydroxyl groups is 1. The molecule has 0 aliphatic carbocycles. The zero-order valence-corrected chi connectivity index (χ0v) is 15.5. The first kappa shape index (κ1) is 19.4. The second-order valence-electron chi connectivity index (χ2n) is 7.84. The molecule has 5 heteroatoms. The number of aliphatic hydroxyl groups excluding tert-OH is 1. The molecule has 2 aliphatic heterocycles. The third-order valence-corrected chi connectivity index (χ3v) is 5.22. The minimum Gasteiger partial charge on any atom is -0.392 e. The molecule has 0 radical (unpaired) electrons. The summed E-state index contributed by atoms with van der Waals surface area (Å²) in [7, 11) is 0. The molecule has 0 aromatic carbocycles. The van der Waals surface area contributed by atoms with Crippen LogP contribution < -0.4 is 0 Å². The summed E-state index contributed by atoms with van der Waals surface area (Å²) in [5.41, 5.74) is 0. The molecule has 0 bridgehead atoms. The molecule has 2 saturated heterocycles. The van der Waals surface area contributed by atoms with E-state index in [0.717, 1.165) is 58.7 Å². The van der Waals surface area contributed by atoms with Crippen LogP contribution in [0.2, 0.25) is 0 Å². The summed E-state index contributed by atoms with van der Waals surface area (Å²) in [5.74, 6) is 1.52. The summed E-state index contributed by atoms with van der Waals surface area (Å²) in [6.45, 7) is 15.0. The largest absolute Gasteiger partial charge is 0.392 e. The van der Waals surface area contributed by atoms with Gasteiger partial charge in [-0.25, -0.2) is 0 Å². The number of carbonyl (C=O) groups is 1. The van der Waals surface area contributed by atoms with Crippen LogP contribution in [0.25, 0.3) is 0 Å². The van der Waals surface area contributed by atoms with Crippen LogP contribution in [0.15, 0.2) is 12.7 Å². The van der Waals surface area contributed by atoms with Crippen LogP contribution >= 0.6 is 0 Å². The fraction of sp³-hybridized carbons (Fsp3) is 0.842. The van der Waals surface area contributed by atoms with Crippen molar-refractivity contribution in [2.24, 2.45) is 11.8 Å². The second-order valence-corrected chi connectivity index (χ2v) is 7.84. The highest BCUT2D eigenvalue weighted by Crippen LogP contribution is 2.21. The van der Waals surface area contributed by atoms with E-state index in [1.165, 1.54) is 6.42 Å². The summed E-state index contributed by atoms with van der Waals surface area (Å²) in [6.07, 6.45) is 4.47. The SMILES string of the molecule is C=CCCC(O)CN1CCN(CC(=O)N2CC(C)CC(C)C2)CC1. The zero-order valence-electron chi connectivity index (χ0n) is 15.5. The maximum Gasteiger partial charge on any atom is 0.236 e. The number of piperazine rings is 1. The summed E-state index contributed by atoms with van der Waals surface area (Å²) in [6, 6.07) is 0. The quantitative estimate of drug-likeness (QED) is 0.714. The number of nitrogens with zero attached hydrogens (tertiary/aromatic N) is 3. The van der Waals surface area contributed by atoms with Gasteiger partial charge in [-0.3, -0.25) is 14.6 Å². The van der Waals surface area contributed by atoms with Gasteiger partial charge in [0.1, 0.15) is 0 Å². The molecule has 0 aromatic heterocycles. The van der Waals surface area contributed by atoms with Gasteiger partial charge >= 0.3 is 0 Å². The number of hydrogen-bond acceptors (Lipinski definition) is 4. The molecule has 138 valence electrons. The Bertz CT molecular complexity index is 397. The molecule has 2 fully saturated rings. The van der Waals surface area contributed by atoms with Gasteiger partial charge in [-0.2, -0.15) is 0 Å². The van der Waals surface area contributed by atoms with Crippen molar-refractivity contribution in [2.75, 3.05) is 52.4 Å². The number of β-amino-alcohol motifs (C(OH)–C–C–N with tert-alkyl or cyclic N) is 1. The minimum absolute atomic E-state index is 0.271. The molecular weight excluding hydrogens is 302 g/mol. The number of amides is 1. The van der Waals surface area contributed by atoms with Crippen molar-refractivity contribution < 1.29 is 9.90 Å². The van der Waals surface area contributed by atoms with E-state index in [2.05, 4.69) is 35.1 Å². The Labute approximate surface area is 147 Å². The Balaban J connectivity index is 1.68. The van der Waals surface area contributed by atoms with Crippen LogP contribution in [0.5, 0.6) is 0 Å². The van der Waals surface area contributed by atoms with E-state index in [1.807, 2.05) is 6.08 Å². The predicted octanol–water partition coefficient (Wildman–Crippen LogP) is 1.44. The molecule has 2 rings (SSSR count). The lowest BCUT2D eigenvalue weighted by molar-refractivity contribution is -0.135. The Morgan fingerprint density at radius 2 is 1.75 bits per heavy atom. The van der Waals surface area contributed by atoms with Gasteiger partial charge in [0.25, 0.3) is 0 Å². The van der Waals surface area contributed by atoms with E-state index in [0.29, 0.717) is 18.4 Å². The van der Waals surface area contributed by atoms with Crippen LogP contribution in [0.1, 0.15) is 33.1 Å². The predicted molar refractivity (Wildman–Crippen MR) is 97.8 cm³/mol. The Hall–Kier alpha value is -0.910. The molecule has 1 N–H and O–H groups in total. The van der Waals surface area contributed by atoms with Crippen molar-refractivity contribution in [3.63, 3.8) is 0 Å². The molecule has 0 aromatic rings. The molecule has 2 aliphatic rings. The highest BCUT2D eigenvalue weighted by molar-refractivity contribution is 5.78. The number of likely N-dealkylation sites (tertiary alicyclic amines) is 1. The van der Waals surface area contributed by atoms with E-state index in [9.17, 15) is 9.90 Å². The molecule has 0 spiro atoms. The van der Waals surface area contributed by atoms with Crippen molar-refractivity contribution >= 4 is 5.91 Å². The van der Waals surface area contributed by atoms with Crippen molar-refractivity contribution in [3.05, 3.63) is 12.7 Å². The average Bonchev–Trinajstić information content (AvgIpc) is 2.54. The van der Waals surface area contributed by atoms with Crippen LogP contribution in [-0.2, 0) is 4.79 Å². The molecule has 3 unspecified atom stereocenters. The number of allylic oxidation sites excluding steroid dienone is 1. The number of piperidine rings is 1. The molecule has 1 amide bonds. The van der Waals surface area contributed by atoms with Crippen molar-refractivity contribution in [1.82, 2.24) is 14.7 Å². The Morgan fingerprint density at radius 3 is 2.33 bits per heavy atom. The summed E-state index contributed by atoms with van der Waals surface area (Å²) in [5, 5.41) is 10.00. The number of hydrogen-bond donors (Lipinski definition) is 1. The van der Waals surface area contributed by atoms with Crippen LogP contribution in [0, 0.1) is 11.8 Å². The lowest BCUT2D eigenvalue weighted by Gasteiger charge is -2.38. The second kappa shape index (κ2) is 9.54. The van der Waals surface area contributed by atoms with Gasteiger partial charge in [-0.15, -0.1) is 6.58 Å². The van der Waals surface area contributed by atoms with Gasteiger partial charge in [0, 0.05) is 45.8 Å². The van der Waals surface area contributed by atoms with Crippen molar-refractivity contribution in [3.8, 4) is 0 Å². The minimum atomic E-state index is -0.271. The maximum absolute atomic E-state index is 12.6. The van der Waals surface area contributed by atoms with Crippen LogP contribution in [0.4, 0.5) is 0 Å². The van der Waals surface area contributed by atoms with Gasteiger partial charge in [-0.1, -0.05) is 19.9 Å². The molecule has 24 heavy (non-hydrogen) atoms. The molecule has 0 saturated carbocycles. The standard InChI is InChI=1S/C19H35N3O2/c1-4-5-6-18(23)14-20-7-9-21(10-8-20)15-19(24)22-12-16(2)11-17(3)13-22/h4,16-18,23H,1,5-15H2,2-3H3. The topological polar surface area (TPSA) is 47.0 Å². The van der Waals surface area contributed by atoms with E-state index in [-0.39, 0.29) is 12.0 Å². The van der Waals surface area contributed by atoms with Gasteiger partial charge in [-0.05, 0) is 31.1 Å². The van der Waals surface area contributed by atoms with Gasteiger partial charge < -0.3 is 10.0 Å². The van der Waals surface area contributed by atoms with E-state index >= 15 is 0 Å². The Morgan fingerprint density at radius 1 is 1.17 bits per heavy atom. The Kier molecular flexibility index (Phi) is 7.72. The smallest absolute Gasteiger partial charge is 0.236 e. The summed E-state index contributed by atoms with van der Waals surface area (Å²) >= 11 is 0. The van der Waals surface area contributed by atoms with Crippen molar-refractivity contribution in [1.29, 1.82) is 0 Å². The first-order chi connectivity index (χ1) is 11.5. The first-order valence-electron chi connectivity index (χ1n) is 9.49. The van der Waals surface area contributed by atoms with E-state index in [4.69, 9.17) is 0 Å². The molecule has 3 atom stereocenters. The highest BCUT2D eigenvalue weighted by Gasteiger charge is 2.27. The third kappa shape index (κ3) is 6.19. The van der Waals surface area contributed by atoms with Crippen LogP contribution in [-0.4, -0.2) is 84.2 Å². The van der Waals surface area contributed by atoms with Gasteiger partial charge in [0.05, 0.1) is 12.6 Å². The lowest BCUT2D eigenvalue weighted by atomic mass is 9.92. The summed E-state index contributed by atoms with van der Waals surface area (Å²) in [4.78, 5) is 19.2.